The predicted molar refractivity (Wildman–Crippen MR) is 128 cm³/mol. The van der Waals surface area contributed by atoms with Crippen LogP contribution in [0, 0.1) is 12.8 Å². The van der Waals surface area contributed by atoms with E-state index in [-0.39, 0.29) is 29.3 Å². The molecule has 2 aromatic carbocycles. The number of Topliss-reactive ketones (excluding diaryl/α,β-unsaturated/α-hetero) is 1. The fourth-order valence-corrected chi connectivity index (χ4v) is 5.14. The third-order valence-electron chi connectivity index (χ3n) is 6.96. The van der Waals surface area contributed by atoms with Gasteiger partial charge in [-0.2, -0.15) is 0 Å². The number of carbonyl (C=O) groups is 2. The number of rotatable bonds is 6. The molecule has 1 saturated carbocycles. The Morgan fingerprint density at radius 2 is 1.85 bits per heavy atom. The predicted octanol–water partition coefficient (Wildman–Crippen LogP) is 5.51. The molecule has 2 aromatic rings. The first-order chi connectivity index (χ1) is 15.8. The van der Waals surface area contributed by atoms with Gasteiger partial charge in [0.1, 0.15) is 5.75 Å². The van der Waals surface area contributed by atoms with Crippen molar-refractivity contribution >= 4 is 11.7 Å². The van der Waals surface area contributed by atoms with Gasteiger partial charge in [0.25, 0.3) is 5.91 Å². The number of aryl methyl sites for hydroxylation is 1. The topological polar surface area (TPSA) is 55.8 Å². The molecule has 33 heavy (non-hydrogen) atoms. The van der Waals surface area contributed by atoms with E-state index in [1.54, 1.807) is 0 Å². The first-order valence-corrected chi connectivity index (χ1v) is 12.1. The van der Waals surface area contributed by atoms with Gasteiger partial charge in [-0.1, -0.05) is 30.3 Å². The van der Waals surface area contributed by atoms with Crippen molar-refractivity contribution in [2.45, 2.75) is 71.2 Å². The highest BCUT2D eigenvalue weighted by Crippen LogP contribution is 2.43. The smallest absolute Gasteiger partial charge is 0.256 e. The van der Waals surface area contributed by atoms with Crippen LogP contribution >= 0.6 is 0 Å². The monoisotopic (exact) mass is 449 g/mol. The Bertz CT molecular complexity index is 992. The zero-order chi connectivity index (χ0) is 23.6. The number of carbonyl (C=O) groups excluding carboxylic acids is 2. The van der Waals surface area contributed by atoms with Crippen molar-refractivity contribution in [3.8, 4) is 5.75 Å². The second kappa shape index (κ2) is 9.68. The molecule has 1 saturated heterocycles. The number of morpholine rings is 1. The summed E-state index contributed by atoms with van der Waals surface area (Å²) in [6.07, 6.45) is 2.65. The Morgan fingerprint density at radius 1 is 1.15 bits per heavy atom. The number of hydrogen-bond donors (Lipinski definition) is 0. The van der Waals surface area contributed by atoms with Crippen molar-refractivity contribution in [2.75, 3.05) is 13.1 Å². The number of hydrogen-bond acceptors (Lipinski definition) is 4. The lowest BCUT2D eigenvalue weighted by molar-refractivity contribution is -0.192. The first kappa shape index (κ1) is 23.5. The Morgan fingerprint density at radius 3 is 2.45 bits per heavy atom. The summed E-state index contributed by atoms with van der Waals surface area (Å²) in [6, 6.07) is 15.5. The van der Waals surface area contributed by atoms with E-state index in [1.165, 1.54) is 0 Å². The molecule has 1 heterocycles. The SMILES string of the molecule is CCN1CC2(CCC(C(=O)c3ccc(OC(C)C)c(C)c3)CC2)OC(c2ccccc2)C1=O. The molecular formula is C28H35NO4. The normalized spacial score (nSPS) is 25.5. The van der Waals surface area contributed by atoms with E-state index in [0.717, 1.165) is 48.1 Å². The van der Waals surface area contributed by atoms with Crippen LogP contribution in [0.5, 0.6) is 5.75 Å². The second-order valence-corrected chi connectivity index (χ2v) is 9.73. The van der Waals surface area contributed by atoms with Gasteiger partial charge in [0.05, 0.1) is 11.7 Å². The highest BCUT2D eigenvalue weighted by Gasteiger charge is 2.47. The van der Waals surface area contributed by atoms with E-state index in [4.69, 9.17) is 9.47 Å². The summed E-state index contributed by atoms with van der Waals surface area (Å²) in [5.41, 5.74) is 2.26. The van der Waals surface area contributed by atoms with E-state index in [1.807, 2.05) is 81.1 Å². The maximum Gasteiger partial charge on any atom is 0.256 e. The number of ketones is 1. The van der Waals surface area contributed by atoms with Crippen LogP contribution in [-0.4, -0.2) is 41.4 Å². The Hall–Kier alpha value is -2.66. The van der Waals surface area contributed by atoms with Crippen LogP contribution in [0.25, 0.3) is 0 Å². The fourth-order valence-electron chi connectivity index (χ4n) is 5.14. The van der Waals surface area contributed by atoms with Gasteiger partial charge in [0, 0.05) is 24.6 Å². The average molecular weight is 450 g/mol. The van der Waals surface area contributed by atoms with Crippen molar-refractivity contribution in [1.82, 2.24) is 4.90 Å². The largest absolute Gasteiger partial charge is 0.491 e. The van der Waals surface area contributed by atoms with Crippen molar-refractivity contribution in [3.63, 3.8) is 0 Å². The van der Waals surface area contributed by atoms with Gasteiger partial charge in [-0.25, -0.2) is 0 Å². The second-order valence-electron chi connectivity index (χ2n) is 9.73. The summed E-state index contributed by atoms with van der Waals surface area (Å²) in [5, 5.41) is 0. The molecule has 2 aliphatic rings. The van der Waals surface area contributed by atoms with Gasteiger partial charge >= 0.3 is 0 Å². The molecule has 1 aliphatic heterocycles. The van der Waals surface area contributed by atoms with E-state index >= 15 is 0 Å². The highest BCUT2D eigenvalue weighted by atomic mass is 16.5. The molecular weight excluding hydrogens is 414 g/mol. The molecule has 5 heteroatoms. The number of ether oxygens (including phenoxy) is 2. The molecule has 0 bridgehead atoms. The molecule has 176 valence electrons. The zero-order valence-corrected chi connectivity index (χ0v) is 20.2. The molecule has 1 spiro atoms. The van der Waals surface area contributed by atoms with Crippen LogP contribution in [0.15, 0.2) is 48.5 Å². The number of amides is 1. The highest BCUT2D eigenvalue weighted by molar-refractivity contribution is 5.98. The van der Waals surface area contributed by atoms with Crippen LogP contribution in [-0.2, 0) is 9.53 Å². The van der Waals surface area contributed by atoms with Crippen molar-refractivity contribution in [3.05, 3.63) is 65.2 Å². The van der Waals surface area contributed by atoms with Crippen LogP contribution in [0.4, 0.5) is 0 Å². The summed E-state index contributed by atoms with van der Waals surface area (Å²) in [6.45, 7) is 9.27. The van der Waals surface area contributed by atoms with E-state index in [0.29, 0.717) is 13.1 Å². The van der Waals surface area contributed by atoms with E-state index in [9.17, 15) is 9.59 Å². The van der Waals surface area contributed by atoms with Crippen LogP contribution < -0.4 is 4.74 Å². The molecule has 2 fully saturated rings. The quantitative estimate of drug-likeness (QED) is 0.546. The van der Waals surface area contributed by atoms with Crippen LogP contribution in [0.3, 0.4) is 0 Å². The minimum Gasteiger partial charge on any atom is -0.491 e. The number of nitrogens with zero attached hydrogens (tertiary/aromatic N) is 1. The van der Waals surface area contributed by atoms with Gasteiger partial charge < -0.3 is 14.4 Å². The number of benzene rings is 2. The number of likely N-dealkylation sites (N-methyl/N-ethyl adjacent to an activating group) is 1. The molecule has 5 nitrogen and oxygen atoms in total. The minimum absolute atomic E-state index is 0.0154. The Balaban J connectivity index is 1.46. The Kier molecular flexibility index (Phi) is 6.89. The third kappa shape index (κ3) is 4.98. The summed E-state index contributed by atoms with van der Waals surface area (Å²) in [5.74, 6) is 1.05. The first-order valence-electron chi connectivity index (χ1n) is 12.1. The summed E-state index contributed by atoms with van der Waals surface area (Å²) in [7, 11) is 0. The van der Waals surface area contributed by atoms with E-state index in [2.05, 4.69) is 0 Å². The molecule has 0 aromatic heterocycles. The lowest BCUT2D eigenvalue weighted by atomic mass is 9.74. The summed E-state index contributed by atoms with van der Waals surface area (Å²) >= 11 is 0. The summed E-state index contributed by atoms with van der Waals surface area (Å²) < 4.78 is 12.3. The molecule has 4 rings (SSSR count). The van der Waals surface area contributed by atoms with Gasteiger partial charge in [-0.3, -0.25) is 9.59 Å². The van der Waals surface area contributed by atoms with Crippen LogP contribution in [0.2, 0.25) is 0 Å². The van der Waals surface area contributed by atoms with Crippen LogP contribution in [0.1, 0.15) is 74.0 Å². The Labute approximate surface area is 197 Å². The average Bonchev–Trinajstić information content (AvgIpc) is 2.82. The molecule has 1 unspecified atom stereocenters. The van der Waals surface area contributed by atoms with Crippen molar-refractivity contribution in [1.29, 1.82) is 0 Å². The zero-order valence-electron chi connectivity index (χ0n) is 20.2. The van der Waals surface area contributed by atoms with E-state index < -0.39 is 6.10 Å². The maximum atomic E-state index is 13.3. The molecule has 1 atom stereocenters. The van der Waals surface area contributed by atoms with Gasteiger partial charge in [0.15, 0.2) is 11.9 Å². The maximum absolute atomic E-state index is 13.3. The molecule has 1 aliphatic carbocycles. The van der Waals surface area contributed by atoms with Gasteiger partial charge in [-0.05, 0) is 82.7 Å². The lowest BCUT2D eigenvalue weighted by Gasteiger charge is -2.48. The van der Waals surface area contributed by atoms with Crippen molar-refractivity contribution < 1.29 is 19.1 Å². The van der Waals surface area contributed by atoms with Gasteiger partial charge in [0.2, 0.25) is 0 Å². The lowest BCUT2D eigenvalue weighted by Crippen LogP contribution is -2.57. The third-order valence-corrected chi connectivity index (χ3v) is 6.96. The fraction of sp³-hybridized carbons (Fsp3) is 0.500. The standard InChI is InChI=1S/C28H35NO4/c1-5-29-18-28(33-26(27(29)31)22-9-7-6-8-10-22)15-13-21(14-16-28)25(30)23-11-12-24(20(4)17-23)32-19(2)3/h6-12,17,19,21,26H,5,13-16,18H2,1-4H3. The van der Waals surface area contributed by atoms with Gasteiger partial charge in [-0.15, -0.1) is 0 Å². The molecule has 0 N–H and O–H groups in total. The molecule has 1 amide bonds. The van der Waals surface area contributed by atoms with Crippen molar-refractivity contribution in [2.24, 2.45) is 5.92 Å². The summed E-state index contributed by atoms with van der Waals surface area (Å²) in [4.78, 5) is 28.2. The minimum atomic E-state index is -0.566. The molecule has 0 radical (unpaired) electrons.